The molecule has 0 unspecified atom stereocenters. The molecule has 0 radical (unpaired) electrons. The Hall–Kier alpha value is -1.36. The largest absolute Gasteiger partial charge is 0.478 e. The monoisotopic (exact) mass is 194 g/mol. The van der Waals surface area contributed by atoms with Gasteiger partial charge in [-0.25, -0.2) is 9.97 Å². The molecule has 0 saturated carbocycles. The zero-order valence-electron chi connectivity index (χ0n) is 8.23. The fourth-order valence-electron chi connectivity index (χ4n) is 1.56. The lowest BCUT2D eigenvalue weighted by Gasteiger charge is -2.28. The van der Waals surface area contributed by atoms with Crippen LogP contribution in [0.3, 0.4) is 0 Å². The zero-order chi connectivity index (χ0) is 9.80. The molecule has 0 aliphatic carbocycles. The van der Waals surface area contributed by atoms with Gasteiger partial charge < -0.3 is 15.0 Å². The summed E-state index contributed by atoms with van der Waals surface area (Å²) in [7, 11) is 1.62. The third-order valence-corrected chi connectivity index (χ3v) is 2.26. The maximum absolute atomic E-state index is 5.16. The van der Waals surface area contributed by atoms with Gasteiger partial charge in [0.15, 0.2) is 5.82 Å². The number of hydrogen-bond acceptors (Lipinski definition) is 5. The summed E-state index contributed by atoms with van der Waals surface area (Å²) in [6.07, 6.45) is 3.34. The molecular formula is C9H14N4O. The van der Waals surface area contributed by atoms with E-state index < -0.39 is 0 Å². The highest BCUT2D eigenvalue weighted by atomic mass is 16.5. The molecule has 14 heavy (non-hydrogen) atoms. The number of piperazine rings is 1. The molecular weight excluding hydrogens is 180 g/mol. The number of aromatic nitrogens is 2. The van der Waals surface area contributed by atoms with Crippen molar-refractivity contribution >= 4 is 5.82 Å². The van der Waals surface area contributed by atoms with Crippen LogP contribution in [-0.4, -0.2) is 43.3 Å². The molecule has 1 aromatic heterocycles. The van der Waals surface area contributed by atoms with Crippen LogP contribution in [0.15, 0.2) is 12.4 Å². The minimum absolute atomic E-state index is 0.606. The maximum atomic E-state index is 5.16. The lowest BCUT2D eigenvalue weighted by Crippen LogP contribution is -2.44. The predicted molar refractivity (Wildman–Crippen MR) is 53.7 cm³/mol. The van der Waals surface area contributed by atoms with Gasteiger partial charge in [-0.2, -0.15) is 0 Å². The van der Waals surface area contributed by atoms with Crippen LogP contribution in [0.2, 0.25) is 0 Å². The predicted octanol–water partition coefficient (Wildman–Crippen LogP) is -0.105. The highest BCUT2D eigenvalue weighted by Crippen LogP contribution is 2.21. The molecule has 1 fully saturated rings. The Morgan fingerprint density at radius 3 is 2.71 bits per heavy atom. The summed E-state index contributed by atoms with van der Waals surface area (Å²) in [6, 6.07) is 0. The van der Waals surface area contributed by atoms with Crippen molar-refractivity contribution in [3.05, 3.63) is 12.4 Å². The van der Waals surface area contributed by atoms with E-state index in [2.05, 4.69) is 20.2 Å². The van der Waals surface area contributed by atoms with Gasteiger partial charge in [0.2, 0.25) is 0 Å². The highest BCUT2D eigenvalue weighted by molar-refractivity contribution is 5.48. The minimum atomic E-state index is 0.606. The highest BCUT2D eigenvalue weighted by Gasteiger charge is 2.16. The molecule has 0 atom stereocenters. The van der Waals surface area contributed by atoms with Gasteiger partial charge in [0.25, 0.3) is 5.88 Å². The van der Waals surface area contributed by atoms with Crippen molar-refractivity contribution in [3.63, 3.8) is 0 Å². The SMILES string of the molecule is COc1nccnc1N1CCNCC1. The Balaban J connectivity index is 2.20. The summed E-state index contributed by atoms with van der Waals surface area (Å²) in [6.45, 7) is 3.88. The Morgan fingerprint density at radius 1 is 1.29 bits per heavy atom. The average Bonchev–Trinajstić information content (AvgIpc) is 2.30. The molecule has 1 aliphatic heterocycles. The summed E-state index contributed by atoms with van der Waals surface area (Å²) in [5.74, 6) is 1.45. The smallest absolute Gasteiger partial charge is 0.257 e. The van der Waals surface area contributed by atoms with Crippen LogP contribution in [0, 0.1) is 0 Å². The molecule has 1 N–H and O–H groups in total. The second-order valence-corrected chi connectivity index (χ2v) is 3.13. The average molecular weight is 194 g/mol. The maximum Gasteiger partial charge on any atom is 0.257 e. The first-order valence-electron chi connectivity index (χ1n) is 4.72. The molecule has 2 heterocycles. The van der Waals surface area contributed by atoms with Crippen LogP contribution in [0.5, 0.6) is 5.88 Å². The number of nitrogens with zero attached hydrogens (tertiary/aromatic N) is 3. The molecule has 0 amide bonds. The van der Waals surface area contributed by atoms with Gasteiger partial charge in [0, 0.05) is 38.6 Å². The van der Waals surface area contributed by atoms with Crippen molar-refractivity contribution in [3.8, 4) is 5.88 Å². The van der Waals surface area contributed by atoms with Gasteiger partial charge in [-0.05, 0) is 0 Å². The third-order valence-electron chi connectivity index (χ3n) is 2.26. The van der Waals surface area contributed by atoms with Gasteiger partial charge in [0.05, 0.1) is 7.11 Å². The Morgan fingerprint density at radius 2 is 2.00 bits per heavy atom. The number of anilines is 1. The fraction of sp³-hybridized carbons (Fsp3) is 0.556. The summed E-state index contributed by atoms with van der Waals surface area (Å²) in [5.41, 5.74) is 0. The summed E-state index contributed by atoms with van der Waals surface area (Å²) in [4.78, 5) is 10.6. The van der Waals surface area contributed by atoms with Crippen LogP contribution in [0.4, 0.5) is 5.82 Å². The number of nitrogens with one attached hydrogen (secondary N) is 1. The second-order valence-electron chi connectivity index (χ2n) is 3.13. The molecule has 1 aromatic rings. The third kappa shape index (κ3) is 1.77. The standard InChI is InChI=1S/C9H14N4O/c1-14-9-8(11-2-3-12-9)13-6-4-10-5-7-13/h2-3,10H,4-7H2,1H3. The molecule has 1 saturated heterocycles. The molecule has 5 nitrogen and oxygen atoms in total. The Kier molecular flexibility index (Phi) is 2.78. The minimum Gasteiger partial charge on any atom is -0.478 e. The van der Waals surface area contributed by atoms with Crippen LogP contribution in [-0.2, 0) is 0 Å². The van der Waals surface area contributed by atoms with Crippen LogP contribution in [0.25, 0.3) is 0 Å². The van der Waals surface area contributed by atoms with E-state index in [-0.39, 0.29) is 0 Å². The molecule has 2 rings (SSSR count). The zero-order valence-corrected chi connectivity index (χ0v) is 8.23. The first-order chi connectivity index (χ1) is 6.92. The Bertz CT molecular complexity index is 299. The topological polar surface area (TPSA) is 50.3 Å². The summed E-state index contributed by atoms with van der Waals surface area (Å²) >= 11 is 0. The Labute approximate surface area is 83.1 Å². The van der Waals surface area contributed by atoms with E-state index in [1.807, 2.05) is 0 Å². The van der Waals surface area contributed by atoms with Crippen molar-refractivity contribution < 1.29 is 4.74 Å². The van der Waals surface area contributed by atoms with Crippen molar-refractivity contribution in [2.45, 2.75) is 0 Å². The normalized spacial score (nSPS) is 16.8. The van der Waals surface area contributed by atoms with Crippen molar-refractivity contribution in [1.29, 1.82) is 0 Å². The van der Waals surface area contributed by atoms with Gasteiger partial charge in [-0.3, -0.25) is 0 Å². The van der Waals surface area contributed by atoms with E-state index in [0.717, 1.165) is 32.0 Å². The first kappa shape index (κ1) is 9.21. The fourth-order valence-corrected chi connectivity index (χ4v) is 1.56. The van der Waals surface area contributed by atoms with Gasteiger partial charge >= 0.3 is 0 Å². The van der Waals surface area contributed by atoms with E-state index in [1.165, 1.54) is 0 Å². The van der Waals surface area contributed by atoms with E-state index >= 15 is 0 Å². The molecule has 0 spiro atoms. The molecule has 0 bridgehead atoms. The molecule has 0 aromatic carbocycles. The number of rotatable bonds is 2. The van der Waals surface area contributed by atoms with Crippen molar-refractivity contribution in [2.24, 2.45) is 0 Å². The lowest BCUT2D eigenvalue weighted by atomic mass is 10.3. The van der Waals surface area contributed by atoms with E-state index in [1.54, 1.807) is 19.5 Å². The van der Waals surface area contributed by atoms with Crippen molar-refractivity contribution in [2.75, 3.05) is 38.2 Å². The second kappa shape index (κ2) is 4.23. The van der Waals surface area contributed by atoms with Crippen LogP contribution in [0.1, 0.15) is 0 Å². The summed E-state index contributed by atoms with van der Waals surface area (Å²) < 4.78 is 5.16. The van der Waals surface area contributed by atoms with Crippen LogP contribution >= 0.6 is 0 Å². The number of ether oxygens (including phenoxy) is 1. The van der Waals surface area contributed by atoms with E-state index in [4.69, 9.17) is 4.74 Å². The van der Waals surface area contributed by atoms with Gasteiger partial charge in [-0.15, -0.1) is 0 Å². The quantitative estimate of drug-likeness (QED) is 0.712. The van der Waals surface area contributed by atoms with Crippen LogP contribution < -0.4 is 15.0 Å². The molecule has 76 valence electrons. The molecule has 1 aliphatic rings. The van der Waals surface area contributed by atoms with Gasteiger partial charge in [0.1, 0.15) is 0 Å². The van der Waals surface area contributed by atoms with Gasteiger partial charge in [-0.1, -0.05) is 0 Å². The lowest BCUT2D eigenvalue weighted by molar-refractivity contribution is 0.394. The van der Waals surface area contributed by atoms with E-state index in [9.17, 15) is 0 Å². The first-order valence-corrected chi connectivity index (χ1v) is 4.72. The van der Waals surface area contributed by atoms with Crippen molar-refractivity contribution in [1.82, 2.24) is 15.3 Å². The van der Waals surface area contributed by atoms with E-state index in [0.29, 0.717) is 5.88 Å². The number of methoxy groups -OCH3 is 1. The summed E-state index contributed by atoms with van der Waals surface area (Å²) in [5, 5.41) is 3.29. The molecule has 5 heteroatoms. The number of hydrogen-bond donors (Lipinski definition) is 1.